The molecule has 0 aliphatic heterocycles. The van der Waals surface area contributed by atoms with Crippen LogP contribution in [0.2, 0.25) is 0 Å². The molecular weight excluding hydrogens is 226 g/mol. The molecule has 0 fully saturated rings. The van der Waals surface area contributed by atoms with Crippen LogP contribution in [-0.4, -0.2) is 18.1 Å². The maximum atomic E-state index is 11.4. The lowest BCUT2D eigenvalue weighted by Crippen LogP contribution is -2.35. The van der Waals surface area contributed by atoms with Gasteiger partial charge < -0.3 is 10.5 Å². The van der Waals surface area contributed by atoms with Crippen molar-refractivity contribution >= 4 is 18.4 Å². The van der Waals surface area contributed by atoms with Crippen molar-refractivity contribution in [3.05, 3.63) is 35.9 Å². The summed E-state index contributed by atoms with van der Waals surface area (Å²) < 4.78 is 5.02. The molecule has 0 aliphatic carbocycles. The van der Waals surface area contributed by atoms with Gasteiger partial charge in [0.25, 0.3) is 0 Å². The number of esters is 1. The van der Waals surface area contributed by atoms with Gasteiger partial charge in [0, 0.05) is 0 Å². The van der Waals surface area contributed by atoms with Crippen LogP contribution >= 0.6 is 12.4 Å². The smallest absolute Gasteiger partial charge is 0.323 e. The minimum atomic E-state index is -0.574. The van der Waals surface area contributed by atoms with Gasteiger partial charge in [0.05, 0.1) is 6.10 Å². The number of rotatable bonds is 4. The molecule has 90 valence electrons. The predicted octanol–water partition coefficient (Wildman–Crippen LogP) is 1.93. The van der Waals surface area contributed by atoms with Crippen LogP contribution < -0.4 is 5.73 Å². The van der Waals surface area contributed by atoms with Crippen molar-refractivity contribution in [2.75, 3.05) is 0 Å². The average molecular weight is 244 g/mol. The quantitative estimate of drug-likeness (QED) is 0.823. The molecule has 1 aromatic carbocycles. The molecule has 0 radical (unpaired) electrons. The standard InChI is InChI=1S/C12H17NO2.ClH/c1-9(2)15-12(14)11(13)8-10-6-4-3-5-7-10;/h3-7,9,11H,8,13H2,1-2H3;1H/t11-;/m0./s1. The highest BCUT2D eigenvalue weighted by molar-refractivity contribution is 5.85. The molecule has 0 saturated heterocycles. The molecule has 0 spiro atoms. The fraction of sp³-hybridized carbons (Fsp3) is 0.417. The van der Waals surface area contributed by atoms with E-state index < -0.39 is 6.04 Å². The first kappa shape index (κ1) is 14.9. The van der Waals surface area contributed by atoms with E-state index in [4.69, 9.17) is 10.5 Å². The second-order valence-corrected chi connectivity index (χ2v) is 3.78. The van der Waals surface area contributed by atoms with Crippen molar-refractivity contribution in [1.29, 1.82) is 0 Å². The van der Waals surface area contributed by atoms with Crippen molar-refractivity contribution in [3.63, 3.8) is 0 Å². The Labute approximate surface area is 102 Å². The number of benzene rings is 1. The molecule has 0 amide bonds. The van der Waals surface area contributed by atoms with E-state index in [0.717, 1.165) is 5.56 Å². The zero-order valence-electron chi connectivity index (χ0n) is 9.55. The Kier molecular flexibility index (Phi) is 6.77. The van der Waals surface area contributed by atoms with Gasteiger partial charge in [-0.3, -0.25) is 4.79 Å². The lowest BCUT2D eigenvalue weighted by atomic mass is 10.1. The molecule has 3 nitrogen and oxygen atoms in total. The van der Waals surface area contributed by atoms with Crippen LogP contribution in [0.1, 0.15) is 19.4 Å². The molecule has 1 rings (SSSR count). The van der Waals surface area contributed by atoms with Crippen LogP contribution in [0.5, 0.6) is 0 Å². The van der Waals surface area contributed by atoms with E-state index in [9.17, 15) is 4.79 Å². The topological polar surface area (TPSA) is 52.3 Å². The monoisotopic (exact) mass is 243 g/mol. The Morgan fingerprint density at radius 1 is 1.31 bits per heavy atom. The predicted molar refractivity (Wildman–Crippen MR) is 66.6 cm³/mol. The number of hydrogen-bond donors (Lipinski definition) is 1. The Hall–Kier alpha value is -1.06. The molecule has 0 bridgehead atoms. The largest absolute Gasteiger partial charge is 0.462 e. The van der Waals surface area contributed by atoms with Crippen LogP contribution in [0.25, 0.3) is 0 Å². The van der Waals surface area contributed by atoms with E-state index in [0.29, 0.717) is 6.42 Å². The molecule has 4 heteroatoms. The summed E-state index contributed by atoms with van der Waals surface area (Å²) in [6.07, 6.45) is 0.408. The number of carbonyl (C=O) groups excluding carboxylic acids is 1. The minimum Gasteiger partial charge on any atom is -0.462 e. The van der Waals surface area contributed by atoms with E-state index in [-0.39, 0.29) is 24.5 Å². The van der Waals surface area contributed by atoms with Gasteiger partial charge in [-0.25, -0.2) is 0 Å². The second-order valence-electron chi connectivity index (χ2n) is 3.78. The molecule has 2 N–H and O–H groups in total. The van der Waals surface area contributed by atoms with Crippen molar-refractivity contribution in [2.45, 2.75) is 32.4 Å². The van der Waals surface area contributed by atoms with E-state index >= 15 is 0 Å². The summed E-state index contributed by atoms with van der Waals surface area (Å²) in [7, 11) is 0. The maximum absolute atomic E-state index is 11.4. The minimum absolute atomic E-state index is 0. The maximum Gasteiger partial charge on any atom is 0.323 e. The van der Waals surface area contributed by atoms with E-state index in [2.05, 4.69) is 0 Å². The van der Waals surface area contributed by atoms with Gasteiger partial charge in [0.1, 0.15) is 6.04 Å². The number of halogens is 1. The Morgan fingerprint density at radius 3 is 2.38 bits per heavy atom. The van der Waals surface area contributed by atoms with Crippen molar-refractivity contribution < 1.29 is 9.53 Å². The summed E-state index contributed by atoms with van der Waals surface area (Å²) in [5.41, 5.74) is 6.77. The normalized spacial score (nSPS) is 11.8. The van der Waals surface area contributed by atoms with E-state index in [1.165, 1.54) is 0 Å². The highest BCUT2D eigenvalue weighted by Gasteiger charge is 2.16. The SMILES string of the molecule is CC(C)OC(=O)[C@@H](N)Cc1ccccc1.Cl. The van der Waals surface area contributed by atoms with Gasteiger partial charge in [-0.05, 0) is 25.8 Å². The Morgan fingerprint density at radius 2 is 1.88 bits per heavy atom. The number of nitrogens with two attached hydrogens (primary N) is 1. The summed E-state index contributed by atoms with van der Waals surface area (Å²) in [5, 5.41) is 0. The molecule has 0 aromatic heterocycles. The van der Waals surface area contributed by atoms with Crippen LogP contribution in [0.4, 0.5) is 0 Å². The summed E-state index contributed by atoms with van der Waals surface area (Å²) in [5.74, 6) is -0.339. The molecule has 0 saturated carbocycles. The second kappa shape index (κ2) is 7.25. The molecule has 1 atom stereocenters. The molecule has 1 aromatic rings. The first-order valence-electron chi connectivity index (χ1n) is 5.09. The summed E-state index contributed by atoms with van der Waals surface area (Å²) in [6.45, 7) is 3.63. The number of carbonyl (C=O) groups is 1. The average Bonchev–Trinajstić information content (AvgIpc) is 2.18. The summed E-state index contributed by atoms with van der Waals surface area (Å²) >= 11 is 0. The number of ether oxygens (including phenoxy) is 1. The molecular formula is C12H18ClNO2. The fourth-order valence-corrected chi connectivity index (χ4v) is 1.27. The Balaban J connectivity index is 0.00000225. The zero-order chi connectivity index (χ0) is 11.3. The van der Waals surface area contributed by atoms with Gasteiger partial charge >= 0.3 is 5.97 Å². The highest BCUT2D eigenvalue weighted by atomic mass is 35.5. The zero-order valence-corrected chi connectivity index (χ0v) is 10.4. The lowest BCUT2D eigenvalue weighted by Gasteiger charge is -2.13. The number of hydrogen-bond acceptors (Lipinski definition) is 3. The lowest BCUT2D eigenvalue weighted by molar-refractivity contribution is -0.148. The Bertz CT molecular complexity index is 314. The van der Waals surface area contributed by atoms with Crippen molar-refractivity contribution in [1.82, 2.24) is 0 Å². The third-order valence-electron chi connectivity index (χ3n) is 1.95. The summed E-state index contributed by atoms with van der Waals surface area (Å²) in [4.78, 5) is 11.4. The van der Waals surface area contributed by atoms with Crippen LogP contribution in [0, 0.1) is 0 Å². The third kappa shape index (κ3) is 5.14. The van der Waals surface area contributed by atoms with E-state index in [1.54, 1.807) is 0 Å². The molecule has 0 aliphatic rings. The van der Waals surface area contributed by atoms with Crippen LogP contribution in [0.3, 0.4) is 0 Å². The molecule has 0 heterocycles. The first-order valence-corrected chi connectivity index (χ1v) is 5.09. The molecule has 16 heavy (non-hydrogen) atoms. The highest BCUT2D eigenvalue weighted by Crippen LogP contribution is 2.03. The van der Waals surface area contributed by atoms with Gasteiger partial charge in [-0.2, -0.15) is 0 Å². The van der Waals surface area contributed by atoms with Gasteiger partial charge in [-0.15, -0.1) is 12.4 Å². The summed E-state index contributed by atoms with van der Waals surface area (Å²) in [6, 6.07) is 9.10. The molecule has 0 unspecified atom stereocenters. The van der Waals surface area contributed by atoms with Gasteiger partial charge in [0.2, 0.25) is 0 Å². The van der Waals surface area contributed by atoms with Crippen molar-refractivity contribution in [2.24, 2.45) is 5.73 Å². The van der Waals surface area contributed by atoms with Gasteiger partial charge in [-0.1, -0.05) is 30.3 Å². The van der Waals surface area contributed by atoms with Crippen LogP contribution in [-0.2, 0) is 16.0 Å². The third-order valence-corrected chi connectivity index (χ3v) is 1.95. The van der Waals surface area contributed by atoms with Gasteiger partial charge in [0.15, 0.2) is 0 Å². The van der Waals surface area contributed by atoms with Crippen molar-refractivity contribution in [3.8, 4) is 0 Å². The fourth-order valence-electron chi connectivity index (χ4n) is 1.27. The first-order chi connectivity index (χ1) is 7.09. The van der Waals surface area contributed by atoms with Crippen LogP contribution in [0.15, 0.2) is 30.3 Å². The van der Waals surface area contributed by atoms with E-state index in [1.807, 2.05) is 44.2 Å².